The molecule has 6 nitrogen and oxygen atoms in total. The summed E-state index contributed by atoms with van der Waals surface area (Å²) < 4.78 is 30.7. The number of carbonyl (C=O) groups is 1. The van der Waals surface area contributed by atoms with Gasteiger partial charge in [-0.1, -0.05) is 0 Å². The smallest absolute Gasteiger partial charge is 0 e. The predicted octanol–water partition coefficient (Wildman–Crippen LogP) is -2.08. The number of aliphatic carboxylic acids is 1. The standard InChI is InChI=1S/C2H4O2.AsH3O4.Cu/c1-2(3)4;2-1(3,4)5;/h1H3,(H,3,4);(H3,2,3,4,5);. The van der Waals surface area contributed by atoms with Gasteiger partial charge in [-0.2, -0.15) is 0 Å². The van der Waals surface area contributed by atoms with E-state index in [2.05, 4.69) is 0 Å². The zero-order valence-corrected chi connectivity index (χ0v) is 7.67. The third-order valence-corrected chi connectivity index (χ3v) is 0. The van der Waals surface area contributed by atoms with Gasteiger partial charge in [-0.3, -0.25) is 4.79 Å². The van der Waals surface area contributed by atoms with E-state index in [4.69, 9.17) is 25.9 Å². The molecule has 0 aromatic heterocycles. The SMILES string of the molecule is CC(=O)O.O=[As](O)(O)O.[Cu]. The molecular weight excluding hydrogens is 258 g/mol. The Kier molecular flexibility index (Phi) is 12.2. The van der Waals surface area contributed by atoms with Crippen LogP contribution in [0.25, 0.3) is 0 Å². The molecule has 0 unspecified atom stereocenters. The van der Waals surface area contributed by atoms with Gasteiger partial charge in [-0.25, -0.2) is 0 Å². The summed E-state index contributed by atoms with van der Waals surface area (Å²) in [6, 6.07) is 0. The third-order valence-electron chi connectivity index (χ3n) is 0. The van der Waals surface area contributed by atoms with Gasteiger partial charge in [0, 0.05) is 24.0 Å². The summed E-state index contributed by atoms with van der Waals surface area (Å²) >= 11 is -5.12. The minimum Gasteiger partial charge on any atom is 0 e. The first-order chi connectivity index (χ1) is 3.73. The molecule has 0 saturated carbocycles. The second-order valence-electron chi connectivity index (χ2n) is 1.03. The van der Waals surface area contributed by atoms with Crippen molar-refractivity contribution in [2.75, 3.05) is 0 Å². The summed E-state index contributed by atoms with van der Waals surface area (Å²) in [6.07, 6.45) is 0. The molecule has 0 atom stereocenters. The molecule has 0 aliphatic rings. The Hall–Kier alpha value is 0.228. The number of hydrogen-bond acceptors (Lipinski definition) is 2. The first-order valence-corrected chi connectivity index (χ1v) is 4.99. The fraction of sp³-hybridized carbons (Fsp3) is 0.500. The van der Waals surface area contributed by atoms with E-state index in [-0.39, 0.29) is 17.1 Å². The molecule has 0 fully saturated rings. The molecule has 4 N–H and O–H groups in total. The summed E-state index contributed by atoms with van der Waals surface area (Å²) in [7, 11) is 0. The van der Waals surface area contributed by atoms with Crippen molar-refractivity contribution < 1.29 is 43.0 Å². The Bertz CT molecular complexity index is 115. The summed E-state index contributed by atoms with van der Waals surface area (Å²) in [5.74, 6) is -0.833. The Labute approximate surface area is 70.7 Å². The molecule has 0 bridgehead atoms. The van der Waals surface area contributed by atoms with Crippen LogP contribution >= 0.6 is 0 Å². The van der Waals surface area contributed by atoms with Gasteiger partial charge < -0.3 is 5.11 Å². The van der Waals surface area contributed by atoms with Crippen LogP contribution in [0.1, 0.15) is 6.92 Å². The molecule has 0 spiro atoms. The summed E-state index contributed by atoms with van der Waals surface area (Å²) in [4.78, 5) is 9.00. The van der Waals surface area contributed by atoms with Crippen LogP contribution in [-0.2, 0) is 25.6 Å². The summed E-state index contributed by atoms with van der Waals surface area (Å²) in [5.41, 5.74) is 0. The Balaban J connectivity index is -0.0000000910. The predicted molar refractivity (Wildman–Crippen MR) is 26.4 cm³/mol. The molecule has 67 valence electrons. The maximum absolute atomic E-state index is 9.00. The minimum atomic E-state index is -5.12. The summed E-state index contributed by atoms with van der Waals surface area (Å²) in [6.45, 7) is 1.08. The van der Waals surface area contributed by atoms with Gasteiger partial charge in [0.1, 0.15) is 0 Å². The van der Waals surface area contributed by atoms with Crippen LogP contribution in [0.15, 0.2) is 0 Å². The van der Waals surface area contributed by atoms with Crippen LogP contribution in [0.5, 0.6) is 0 Å². The van der Waals surface area contributed by atoms with Gasteiger partial charge in [0.25, 0.3) is 5.97 Å². The third kappa shape index (κ3) is 8270. The molecule has 0 amide bonds. The Morgan fingerprint density at radius 2 is 1.30 bits per heavy atom. The van der Waals surface area contributed by atoms with Crippen LogP contribution in [-0.4, -0.2) is 37.9 Å². The first kappa shape index (κ1) is 16.7. The van der Waals surface area contributed by atoms with Crippen molar-refractivity contribution in [3.8, 4) is 0 Å². The quantitative estimate of drug-likeness (QED) is 0.374. The van der Waals surface area contributed by atoms with Crippen molar-refractivity contribution in [3.63, 3.8) is 0 Å². The van der Waals surface area contributed by atoms with Crippen LogP contribution < -0.4 is 0 Å². The van der Waals surface area contributed by atoms with Gasteiger partial charge >= 0.3 is 30.5 Å². The van der Waals surface area contributed by atoms with Crippen molar-refractivity contribution in [1.82, 2.24) is 0 Å². The van der Waals surface area contributed by atoms with Crippen molar-refractivity contribution in [2.45, 2.75) is 6.92 Å². The van der Waals surface area contributed by atoms with Gasteiger partial charge in [0.2, 0.25) is 0 Å². The van der Waals surface area contributed by atoms with E-state index in [0.29, 0.717) is 0 Å². The van der Waals surface area contributed by atoms with Gasteiger partial charge in [0.05, 0.1) is 0 Å². The van der Waals surface area contributed by atoms with Crippen molar-refractivity contribution in [1.29, 1.82) is 0 Å². The number of rotatable bonds is 0. The molecule has 0 aliphatic heterocycles. The minimum absolute atomic E-state index is 0. The molecule has 1 radical (unpaired) electrons. The zero-order chi connectivity index (χ0) is 8.08. The second kappa shape index (κ2) is 7.34. The van der Waals surface area contributed by atoms with Gasteiger partial charge in [-0.05, 0) is 0 Å². The normalized spacial score (nSPS) is 8.40. The van der Waals surface area contributed by atoms with Crippen LogP contribution in [0.4, 0.5) is 0 Å². The van der Waals surface area contributed by atoms with Crippen LogP contribution in [0, 0.1) is 0 Å². The fourth-order valence-corrected chi connectivity index (χ4v) is 0. The molecule has 10 heavy (non-hydrogen) atoms. The number of carboxylic acid groups (broad SMARTS) is 1. The average molecular weight is 266 g/mol. The maximum Gasteiger partial charge on any atom is 0 e. The zero-order valence-electron chi connectivity index (χ0n) is 4.85. The van der Waals surface area contributed by atoms with E-state index >= 15 is 0 Å². The molecule has 0 rings (SSSR count). The summed E-state index contributed by atoms with van der Waals surface area (Å²) in [5, 5.41) is 7.42. The van der Waals surface area contributed by atoms with Crippen LogP contribution in [0.2, 0.25) is 0 Å². The topological polar surface area (TPSA) is 115 Å². The van der Waals surface area contributed by atoms with E-state index in [1.165, 1.54) is 0 Å². The second-order valence-corrected chi connectivity index (χ2v) is 3.19. The largest absolute Gasteiger partial charge is 0 e. The van der Waals surface area contributed by atoms with Crippen molar-refractivity contribution >= 4 is 20.5 Å². The molecule has 0 aliphatic carbocycles. The average Bonchev–Trinajstić information content (AvgIpc) is 1.19. The Morgan fingerprint density at radius 1 is 1.30 bits per heavy atom. The van der Waals surface area contributed by atoms with Crippen LogP contribution in [0.3, 0.4) is 0 Å². The van der Waals surface area contributed by atoms with Crippen molar-refractivity contribution in [2.24, 2.45) is 0 Å². The molecular formula is C2H7AsCuO6. The molecule has 8 heteroatoms. The fourth-order valence-electron chi connectivity index (χ4n) is 0. The van der Waals surface area contributed by atoms with E-state index < -0.39 is 20.5 Å². The number of carboxylic acids is 1. The first-order valence-electron chi connectivity index (χ1n) is 1.71. The van der Waals surface area contributed by atoms with E-state index in [0.717, 1.165) is 6.92 Å². The Morgan fingerprint density at radius 3 is 1.30 bits per heavy atom. The van der Waals surface area contributed by atoms with Gasteiger partial charge in [0.15, 0.2) is 0 Å². The molecule has 0 heterocycles. The number of hydrogen-bond donors (Lipinski definition) is 4. The van der Waals surface area contributed by atoms with Gasteiger partial charge in [-0.15, -0.1) is 0 Å². The molecule has 0 aromatic rings. The molecule has 0 saturated heterocycles. The maximum atomic E-state index is 9.00. The van der Waals surface area contributed by atoms with E-state index in [1.807, 2.05) is 0 Å². The molecule has 0 aromatic carbocycles. The van der Waals surface area contributed by atoms with E-state index in [9.17, 15) is 0 Å². The van der Waals surface area contributed by atoms with Crippen molar-refractivity contribution in [3.05, 3.63) is 0 Å². The van der Waals surface area contributed by atoms with E-state index in [1.54, 1.807) is 0 Å². The monoisotopic (exact) mass is 265 g/mol.